The van der Waals surface area contributed by atoms with E-state index in [9.17, 15) is 4.39 Å². The van der Waals surface area contributed by atoms with Gasteiger partial charge in [0.1, 0.15) is 5.82 Å². The Morgan fingerprint density at radius 3 is 2.94 bits per heavy atom. The molecule has 1 aliphatic rings. The lowest BCUT2D eigenvalue weighted by atomic mass is 10.3. The Balaban J connectivity index is 1.56. The van der Waals surface area contributed by atoms with E-state index in [-0.39, 0.29) is 5.82 Å². The molecule has 1 N–H and O–H groups in total. The van der Waals surface area contributed by atoms with E-state index in [4.69, 9.17) is 4.74 Å². The molecule has 1 aromatic rings. The number of halogens is 1. The van der Waals surface area contributed by atoms with Gasteiger partial charge in [0.05, 0.1) is 18.9 Å². The fourth-order valence-corrected chi connectivity index (χ4v) is 2.14. The van der Waals surface area contributed by atoms with Crippen LogP contribution in [0, 0.1) is 5.82 Å². The largest absolute Gasteiger partial charge is 0.377 e. The molecule has 2 rings (SSSR count). The van der Waals surface area contributed by atoms with Gasteiger partial charge >= 0.3 is 0 Å². The lowest BCUT2D eigenvalue weighted by Gasteiger charge is -2.11. The molecule has 0 radical (unpaired) electrons. The number of rotatable bonds is 6. The van der Waals surface area contributed by atoms with E-state index in [1.165, 1.54) is 37.9 Å². The van der Waals surface area contributed by atoms with E-state index >= 15 is 0 Å². The van der Waals surface area contributed by atoms with Crippen LogP contribution in [0.2, 0.25) is 0 Å². The van der Waals surface area contributed by atoms with E-state index < -0.39 is 0 Å². The van der Waals surface area contributed by atoms with Crippen molar-refractivity contribution in [2.24, 2.45) is 0 Å². The Kier molecular flexibility index (Phi) is 4.88. The predicted molar refractivity (Wildman–Crippen MR) is 64.1 cm³/mol. The van der Waals surface area contributed by atoms with Gasteiger partial charge in [-0.2, -0.15) is 0 Å². The maximum Gasteiger partial charge on any atom is 0.141 e. The predicted octanol–water partition coefficient (Wildman–Crippen LogP) is 2.27. The molecule has 0 amide bonds. The summed E-state index contributed by atoms with van der Waals surface area (Å²) in [6.07, 6.45) is 8.36. The number of aromatic nitrogens is 1. The van der Waals surface area contributed by atoms with Crippen molar-refractivity contribution in [3.63, 3.8) is 0 Å². The second-order valence-corrected chi connectivity index (χ2v) is 4.47. The molecular formula is C13H19FN2O. The molecule has 1 aromatic heterocycles. The second kappa shape index (κ2) is 6.67. The van der Waals surface area contributed by atoms with Crippen LogP contribution in [0.5, 0.6) is 0 Å². The van der Waals surface area contributed by atoms with Crippen LogP contribution < -0.4 is 5.32 Å². The monoisotopic (exact) mass is 238 g/mol. The van der Waals surface area contributed by atoms with Crippen molar-refractivity contribution < 1.29 is 9.13 Å². The van der Waals surface area contributed by atoms with Gasteiger partial charge in [0.25, 0.3) is 0 Å². The Bertz CT molecular complexity index is 340. The van der Waals surface area contributed by atoms with Crippen LogP contribution in [0.3, 0.4) is 0 Å². The molecule has 1 aliphatic carbocycles. The van der Waals surface area contributed by atoms with Gasteiger partial charge in [-0.15, -0.1) is 0 Å². The second-order valence-electron chi connectivity index (χ2n) is 4.47. The Labute approximate surface area is 101 Å². The molecule has 3 nitrogen and oxygen atoms in total. The Morgan fingerprint density at radius 2 is 2.18 bits per heavy atom. The van der Waals surface area contributed by atoms with E-state index in [1.807, 2.05) is 0 Å². The fourth-order valence-electron chi connectivity index (χ4n) is 2.14. The lowest BCUT2D eigenvalue weighted by molar-refractivity contribution is 0.0602. The van der Waals surface area contributed by atoms with Gasteiger partial charge in [-0.3, -0.25) is 4.98 Å². The van der Waals surface area contributed by atoms with Crippen LogP contribution in [0.1, 0.15) is 31.2 Å². The number of hydrogen-bond donors (Lipinski definition) is 1. The number of hydrogen-bond acceptors (Lipinski definition) is 3. The van der Waals surface area contributed by atoms with Crippen molar-refractivity contribution in [2.75, 3.05) is 13.2 Å². The lowest BCUT2D eigenvalue weighted by Crippen LogP contribution is -2.22. The summed E-state index contributed by atoms with van der Waals surface area (Å²) in [6, 6.07) is 1.50. The summed E-state index contributed by atoms with van der Waals surface area (Å²) in [5.74, 6) is -0.286. The maximum absolute atomic E-state index is 12.8. The topological polar surface area (TPSA) is 34.2 Å². The highest BCUT2D eigenvalue weighted by Crippen LogP contribution is 2.20. The first kappa shape index (κ1) is 12.5. The van der Waals surface area contributed by atoms with Crippen molar-refractivity contribution in [3.05, 3.63) is 29.8 Å². The molecule has 1 saturated carbocycles. The maximum atomic E-state index is 12.8. The first-order chi connectivity index (χ1) is 8.34. The minimum atomic E-state index is -0.286. The van der Waals surface area contributed by atoms with Crippen molar-refractivity contribution in [1.29, 1.82) is 0 Å². The highest BCUT2D eigenvalue weighted by atomic mass is 19.1. The summed E-state index contributed by atoms with van der Waals surface area (Å²) in [5.41, 5.74) is 0.867. The van der Waals surface area contributed by atoms with Crippen LogP contribution in [-0.2, 0) is 11.3 Å². The number of ether oxygens (including phenoxy) is 1. The average Bonchev–Trinajstić information content (AvgIpc) is 2.82. The smallest absolute Gasteiger partial charge is 0.141 e. The minimum absolute atomic E-state index is 0.286. The first-order valence-electron chi connectivity index (χ1n) is 6.26. The van der Waals surface area contributed by atoms with E-state index in [2.05, 4.69) is 10.3 Å². The average molecular weight is 238 g/mol. The summed E-state index contributed by atoms with van der Waals surface area (Å²) in [7, 11) is 0. The van der Waals surface area contributed by atoms with Gasteiger partial charge in [0.15, 0.2) is 0 Å². The molecule has 0 spiro atoms. The van der Waals surface area contributed by atoms with Crippen LogP contribution in [0.25, 0.3) is 0 Å². The highest BCUT2D eigenvalue weighted by molar-refractivity contribution is 5.09. The van der Waals surface area contributed by atoms with Crippen molar-refractivity contribution in [1.82, 2.24) is 10.3 Å². The quantitative estimate of drug-likeness (QED) is 0.772. The summed E-state index contributed by atoms with van der Waals surface area (Å²) >= 11 is 0. The third-order valence-electron chi connectivity index (χ3n) is 3.03. The molecule has 0 saturated heterocycles. The molecule has 17 heavy (non-hydrogen) atoms. The van der Waals surface area contributed by atoms with Gasteiger partial charge < -0.3 is 10.1 Å². The third kappa shape index (κ3) is 4.40. The van der Waals surface area contributed by atoms with Gasteiger partial charge in [-0.05, 0) is 24.5 Å². The minimum Gasteiger partial charge on any atom is -0.377 e. The highest BCUT2D eigenvalue weighted by Gasteiger charge is 2.14. The molecular weight excluding hydrogens is 219 g/mol. The van der Waals surface area contributed by atoms with Crippen LogP contribution >= 0.6 is 0 Å². The summed E-state index contributed by atoms with van der Waals surface area (Å²) < 4.78 is 18.5. The van der Waals surface area contributed by atoms with Gasteiger partial charge in [-0.1, -0.05) is 12.8 Å². The number of pyridine rings is 1. The molecule has 0 atom stereocenters. The normalized spacial score (nSPS) is 16.5. The molecule has 4 heteroatoms. The summed E-state index contributed by atoms with van der Waals surface area (Å²) in [5, 5.41) is 3.22. The zero-order valence-corrected chi connectivity index (χ0v) is 9.99. The van der Waals surface area contributed by atoms with E-state index in [1.54, 1.807) is 6.20 Å². The molecule has 0 unspecified atom stereocenters. The number of nitrogens with zero attached hydrogens (tertiary/aromatic N) is 1. The Morgan fingerprint density at radius 1 is 1.35 bits per heavy atom. The molecule has 0 bridgehead atoms. The van der Waals surface area contributed by atoms with Gasteiger partial charge in [0.2, 0.25) is 0 Å². The summed E-state index contributed by atoms with van der Waals surface area (Å²) in [6.45, 7) is 2.17. The van der Waals surface area contributed by atoms with Crippen molar-refractivity contribution >= 4 is 0 Å². The van der Waals surface area contributed by atoms with Crippen LogP contribution in [0.4, 0.5) is 4.39 Å². The Hall–Kier alpha value is -1.00. The van der Waals surface area contributed by atoms with Crippen molar-refractivity contribution in [2.45, 2.75) is 38.3 Å². The van der Waals surface area contributed by atoms with E-state index in [0.717, 1.165) is 18.7 Å². The third-order valence-corrected chi connectivity index (χ3v) is 3.03. The SMILES string of the molecule is Fc1cncc(CNCCOC2CCCC2)c1. The fraction of sp³-hybridized carbons (Fsp3) is 0.615. The molecule has 0 aliphatic heterocycles. The van der Waals surface area contributed by atoms with Crippen molar-refractivity contribution in [3.8, 4) is 0 Å². The standard InChI is InChI=1S/C13H19FN2O/c14-12-7-11(9-16-10-12)8-15-5-6-17-13-3-1-2-4-13/h7,9-10,13,15H,1-6,8H2. The molecule has 1 fully saturated rings. The first-order valence-corrected chi connectivity index (χ1v) is 6.26. The number of nitrogens with one attached hydrogen (secondary N) is 1. The van der Waals surface area contributed by atoms with Gasteiger partial charge in [-0.25, -0.2) is 4.39 Å². The van der Waals surface area contributed by atoms with Gasteiger partial charge in [0, 0.05) is 19.3 Å². The zero-order chi connectivity index (χ0) is 11.9. The molecule has 0 aromatic carbocycles. The summed E-state index contributed by atoms with van der Waals surface area (Å²) in [4.78, 5) is 3.80. The van der Waals surface area contributed by atoms with Crippen LogP contribution in [0.15, 0.2) is 18.5 Å². The molecule has 1 heterocycles. The molecule has 94 valence electrons. The van der Waals surface area contributed by atoms with Crippen LogP contribution in [-0.4, -0.2) is 24.2 Å². The zero-order valence-electron chi connectivity index (χ0n) is 9.99. The van der Waals surface area contributed by atoms with E-state index in [0.29, 0.717) is 12.6 Å².